The van der Waals surface area contributed by atoms with Crippen molar-refractivity contribution in [3.63, 3.8) is 0 Å². The molecule has 0 unspecified atom stereocenters. The molecule has 0 radical (unpaired) electrons. The predicted octanol–water partition coefficient (Wildman–Crippen LogP) is 2.47. The fourth-order valence-electron chi connectivity index (χ4n) is 1.62. The Morgan fingerprint density at radius 1 is 1.07 bits per heavy atom. The standard InChI is InChI=1S/C13H13NO/c1-10-4-2-3-5-12(10)13(15)11-6-8-14-9-7-11/h2-9,13,15H,1H3/t13-/m1/s1. The first-order valence-electron chi connectivity index (χ1n) is 4.92. The van der Waals surface area contributed by atoms with Crippen LogP contribution in [0.2, 0.25) is 0 Å². The lowest BCUT2D eigenvalue weighted by atomic mass is 9.98. The van der Waals surface area contributed by atoms with Gasteiger partial charge in [-0.2, -0.15) is 0 Å². The quantitative estimate of drug-likeness (QED) is 0.806. The molecule has 15 heavy (non-hydrogen) atoms. The molecule has 0 saturated heterocycles. The number of hydrogen-bond acceptors (Lipinski definition) is 2. The summed E-state index contributed by atoms with van der Waals surface area (Å²) in [5, 5.41) is 10.1. The second-order valence-corrected chi connectivity index (χ2v) is 3.54. The summed E-state index contributed by atoms with van der Waals surface area (Å²) in [6.45, 7) is 2.00. The molecule has 2 aromatic rings. The molecule has 2 rings (SSSR count). The second kappa shape index (κ2) is 4.24. The van der Waals surface area contributed by atoms with Gasteiger partial charge in [0.15, 0.2) is 0 Å². The number of aliphatic hydroxyl groups excluding tert-OH is 1. The van der Waals surface area contributed by atoms with E-state index in [1.807, 2.05) is 43.3 Å². The zero-order valence-corrected chi connectivity index (χ0v) is 8.59. The van der Waals surface area contributed by atoms with Crippen LogP contribution in [0, 0.1) is 6.92 Å². The Bertz CT molecular complexity index is 439. The number of aromatic nitrogens is 1. The summed E-state index contributed by atoms with van der Waals surface area (Å²) in [7, 11) is 0. The zero-order valence-electron chi connectivity index (χ0n) is 8.59. The van der Waals surface area contributed by atoms with Crippen LogP contribution in [0.15, 0.2) is 48.8 Å². The summed E-state index contributed by atoms with van der Waals surface area (Å²) in [6.07, 6.45) is 2.82. The van der Waals surface area contributed by atoms with Crippen molar-refractivity contribution in [1.82, 2.24) is 4.98 Å². The number of aliphatic hydroxyl groups is 1. The van der Waals surface area contributed by atoms with Crippen LogP contribution < -0.4 is 0 Å². The number of rotatable bonds is 2. The molecule has 1 N–H and O–H groups in total. The van der Waals surface area contributed by atoms with Crippen molar-refractivity contribution in [3.8, 4) is 0 Å². The van der Waals surface area contributed by atoms with E-state index in [9.17, 15) is 5.11 Å². The number of pyridine rings is 1. The van der Waals surface area contributed by atoms with Crippen molar-refractivity contribution in [1.29, 1.82) is 0 Å². The van der Waals surface area contributed by atoms with Gasteiger partial charge in [-0.1, -0.05) is 24.3 Å². The predicted molar refractivity (Wildman–Crippen MR) is 59.5 cm³/mol. The molecular weight excluding hydrogens is 186 g/mol. The van der Waals surface area contributed by atoms with Crippen molar-refractivity contribution >= 4 is 0 Å². The van der Waals surface area contributed by atoms with Gasteiger partial charge in [0, 0.05) is 12.4 Å². The second-order valence-electron chi connectivity index (χ2n) is 3.54. The molecular formula is C13H13NO. The molecule has 1 aromatic heterocycles. The molecule has 0 amide bonds. The van der Waals surface area contributed by atoms with E-state index in [2.05, 4.69) is 4.98 Å². The first-order chi connectivity index (χ1) is 7.29. The molecule has 0 aliphatic heterocycles. The Hall–Kier alpha value is -1.67. The van der Waals surface area contributed by atoms with Crippen molar-refractivity contribution in [2.45, 2.75) is 13.0 Å². The van der Waals surface area contributed by atoms with Gasteiger partial charge < -0.3 is 5.11 Å². The highest BCUT2D eigenvalue weighted by molar-refractivity contribution is 5.34. The van der Waals surface area contributed by atoms with Gasteiger partial charge in [-0.25, -0.2) is 0 Å². The summed E-state index contributed by atoms with van der Waals surface area (Å²) < 4.78 is 0. The van der Waals surface area contributed by atoms with Crippen molar-refractivity contribution in [3.05, 3.63) is 65.5 Å². The lowest BCUT2D eigenvalue weighted by Crippen LogP contribution is -2.01. The first kappa shape index (κ1) is 9.87. The maximum Gasteiger partial charge on any atom is 0.104 e. The third-order valence-electron chi connectivity index (χ3n) is 2.50. The molecule has 2 nitrogen and oxygen atoms in total. The molecule has 0 fully saturated rings. The summed E-state index contributed by atoms with van der Waals surface area (Å²) in [5.41, 5.74) is 2.92. The highest BCUT2D eigenvalue weighted by Gasteiger charge is 2.11. The Labute approximate surface area is 89.2 Å². The normalized spacial score (nSPS) is 12.4. The van der Waals surface area contributed by atoms with E-state index in [0.717, 1.165) is 16.7 Å². The van der Waals surface area contributed by atoms with Crippen LogP contribution in [0.1, 0.15) is 22.8 Å². The summed E-state index contributed by atoms with van der Waals surface area (Å²) in [5.74, 6) is 0. The summed E-state index contributed by atoms with van der Waals surface area (Å²) in [6, 6.07) is 11.5. The molecule has 0 spiro atoms. The van der Waals surface area contributed by atoms with E-state index in [4.69, 9.17) is 0 Å². The van der Waals surface area contributed by atoms with Gasteiger partial charge in [0.25, 0.3) is 0 Å². The van der Waals surface area contributed by atoms with Gasteiger partial charge in [0.1, 0.15) is 6.10 Å². The van der Waals surface area contributed by atoms with Gasteiger partial charge in [0.2, 0.25) is 0 Å². The molecule has 0 aliphatic carbocycles. The van der Waals surface area contributed by atoms with Crippen LogP contribution in [-0.4, -0.2) is 10.1 Å². The van der Waals surface area contributed by atoms with E-state index < -0.39 is 6.10 Å². The fourth-order valence-corrected chi connectivity index (χ4v) is 1.62. The third kappa shape index (κ3) is 2.05. The Kier molecular flexibility index (Phi) is 2.79. The van der Waals surface area contributed by atoms with E-state index in [-0.39, 0.29) is 0 Å². The van der Waals surface area contributed by atoms with E-state index in [1.54, 1.807) is 12.4 Å². The van der Waals surface area contributed by atoms with Crippen molar-refractivity contribution < 1.29 is 5.11 Å². The zero-order chi connectivity index (χ0) is 10.7. The Morgan fingerprint density at radius 2 is 1.73 bits per heavy atom. The largest absolute Gasteiger partial charge is 0.384 e. The number of benzene rings is 1. The Balaban J connectivity index is 2.37. The molecule has 0 aliphatic rings. The number of aryl methyl sites for hydroxylation is 1. The van der Waals surface area contributed by atoms with E-state index in [0.29, 0.717) is 0 Å². The highest BCUT2D eigenvalue weighted by Crippen LogP contribution is 2.23. The molecule has 2 heteroatoms. The van der Waals surface area contributed by atoms with Crippen LogP contribution in [0.3, 0.4) is 0 Å². The van der Waals surface area contributed by atoms with E-state index in [1.165, 1.54) is 0 Å². The lowest BCUT2D eigenvalue weighted by molar-refractivity contribution is 0.219. The monoisotopic (exact) mass is 199 g/mol. The molecule has 0 bridgehead atoms. The van der Waals surface area contributed by atoms with Crippen LogP contribution in [0.5, 0.6) is 0 Å². The summed E-state index contributed by atoms with van der Waals surface area (Å²) in [4.78, 5) is 3.93. The van der Waals surface area contributed by atoms with Gasteiger partial charge in [-0.15, -0.1) is 0 Å². The number of hydrogen-bond donors (Lipinski definition) is 1. The van der Waals surface area contributed by atoms with Gasteiger partial charge in [-0.3, -0.25) is 4.98 Å². The minimum Gasteiger partial charge on any atom is -0.384 e. The smallest absolute Gasteiger partial charge is 0.104 e. The third-order valence-corrected chi connectivity index (χ3v) is 2.50. The average molecular weight is 199 g/mol. The number of nitrogens with zero attached hydrogens (tertiary/aromatic N) is 1. The summed E-state index contributed by atoms with van der Waals surface area (Å²) >= 11 is 0. The molecule has 1 heterocycles. The maximum atomic E-state index is 10.1. The van der Waals surface area contributed by atoms with Crippen molar-refractivity contribution in [2.24, 2.45) is 0 Å². The topological polar surface area (TPSA) is 33.1 Å². The minimum absolute atomic E-state index is 0.561. The van der Waals surface area contributed by atoms with Gasteiger partial charge in [0.05, 0.1) is 0 Å². The molecule has 76 valence electrons. The lowest BCUT2D eigenvalue weighted by Gasteiger charge is -2.13. The van der Waals surface area contributed by atoms with Crippen LogP contribution in [0.25, 0.3) is 0 Å². The molecule has 1 aromatic carbocycles. The van der Waals surface area contributed by atoms with Crippen LogP contribution in [0.4, 0.5) is 0 Å². The highest BCUT2D eigenvalue weighted by atomic mass is 16.3. The fraction of sp³-hybridized carbons (Fsp3) is 0.154. The van der Waals surface area contributed by atoms with Gasteiger partial charge in [-0.05, 0) is 35.7 Å². The minimum atomic E-state index is -0.561. The average Bonchev–Trinajstić information content (AvgIpc) is 2.30. The van der Waals surface area contributed by atoms with Crippen molar-refractivity contribution in [2.75, 3.05) is 0 Å². The SMILES string of the molecule is Cc1ccccc1[C@H](O)c1ccncc1. The van der Waals surface area contributed by atoms with Crippen LogP contribution >= 0.6 is 0 Å². The van der Waals surface area contributed by atoms with Gasteiger partial charge >= 0.3 is 0 Å². The Morgan fingerprint density at radius 3 is 2.40 bits per heavy atom. The van der Waals surface area contributed by atoms with Crippen LogP contribution in [-0.2, 0) is 0 Å². The maximum absolute atomic E-state index is 10.1. The first-order valence-corrected chi connectivity index (χ1v) is 4.92. The molecule has 0 saturated carbocycles. The van der Waals surface area contributed by atoms with E-state index >= 15 is 0 Å². The molecule has 1 atom stereocenters.